The van der Waals surface area contributed by atoms with Crippen LogP contribution in [-0.4, -0.2) is 29.3 Å². The fourth-order valence-electron chi connectivity index (χ4n) is 1.71. The summed E-state index contributed by atoms with van der Waals surface area (Å²) < 4.78 is 10.6. The minimum atomic E-state index is -0.921. The zero-order valence-electron chi connectivity index (χ0n) is 8.31. The molecule has 15 heavy (non-hydrogen) atoms. The molecule has 1 aromatic rings. The number of hydrogen-bond acceptors (Lipinski definition) is 4. The van der Waals surface area contributed by atoms with Gasteiger partial charge in [0.25, 0.3) is 0 Å². The number of carbonyl (C=O) groups is 1. The molecule has 0 saturated carbocycles. The predicted molar refractivity (Wildman–Crippen MR) is 50.6 cm³/mol. The van der Waals surface area contributed by atoms with Crippen LogP contribution in [-0.2, 0) is 16.0 Å². The van der Waals surface area contributed by atoms with Gasteiger partial charge in [0.15, 0.2) is 0 Å². The number of carboxylic acids is 1. The van der Waals surface area contributed by atoms with E-state index in [-0.39, 0.29) is 12.3 Å². The first-order chi connectivity index (χ1) is 7.25. The average molecular weight is 211 g/mol. The molecule has 0 bridgehead atoms. The van der Waals surface area contributed by atoms with Crippen molar-refractivity contribution < 1.29 is 19.1 Å². The van der Waals surface area contributed by atoms with Gasteiger partial charge in [-0.2, -0.15) is 0 Å². The molecule has 1 aromatic heterocycles. The maximum atomic E-state index is 10.4. The van der Waals surface area contributed by atoms with Gasteiger partial charge in [-0.1, -0.05) is 0 Å². The fraction of sp³-hybridized carbons (Fsp3) is 0.600. The van der Waals surface area contributed by atoms with Crippen molar-refractivity contribution in [3.63, 3.8) is 0 Å². The Kier molecular flexibility index (Phi) is 3.01. The standard InChI is InChI=1S/C10H13NO4/c12-10(13)5-9-11-6-8(15-9)7-1-3-14-4-2-7/h6-7H,1-5H2,(H,12,13). The van der Waals surface area contributed by atoms with E-state index in [0.29, 0.717) is 5.92 Å². The summed E-state index contributed by atoms with van der Waals surface area (Å²) in [6, 6.07) is 0. The summed E-state index contributed by atoms with van der Waals surface area (Å²) >= 11 is 0. The monoisotopic (exact) mass is 211 g/mol. The number of ether oxygens (including phenoxy) is 1. The van der Waals surface area contributed by atoms with E-state index in [0.717, 1.165) is 31.8 Å². The molecule has 0 amide bonds. The van der Waals surface area contributed by atoms with E-state index in [1.54, 1.807) is 6.20 Å². The number of rotatable bonds is 3. The van der Waals surface area contributed by atoms with Crippen LogP contribution in [0.4, 0.5) is 0 Å². The largest absolute Gasteiger partial charge is 0.481 e. The average Bonchev–Trinajstić information content (AvgIpc) is 2.67. The van der Waals surface area contributed by atoms with Gasteiger partial charge in [0.2, 0.25) is 5.89 Å². The van der Waals surface area contributed by atoms with E-state index in [1.165, 1.54) is 0 Å². The van der Waals surface area contributed by atoms with Crippen molar-refractivity contribution in [1.29, 1.82) is 0 Å². The van der Waals surface area contributed by atoms with E-state index < -0.39 is 5.97 Å². The predicted octanol–water partition coefficient (Wildman–Crippen LogP) is 1.20. The van der Waals surface area contributed by atoms with Gasteiger partial charge in [-0.05, 0) is 12.8 Å². The summed E-state index contributed by atoms with van der Waals surface area (Å²) in [5.41, 5.74) is 0. The van der Waals surface area contributed by atoms with Crippen LogP contribution < -0.4 is 0 Å². The van der Waals surface area contributed by atoms with Crippen LogP contribution in [0.3, 0.4) is 0 Å². The normalized spacial score (nSPS) is 17.9. The summed E-state index contributed by atoms with van der Waals surface area (Å²) in [7, 11) is 0. The molecule has 0 atom stereocenters. The Labute approximate surface area is 87.1 Å². The van der Waals surface area contributed by atoms with Crippen molar-refractivity contribution in [2.24, 2.45) is 0 Å². The summed E-state index contributed by atoms with van der Waals surface area (Å²) in [5.74, 6) is 0.475. The SMILES string of the molecule is O=C(O)Cc1ncc(C2CCOCC2)o1. The zero-order chi connectivity index (χ0) is 10.7. The molecule has 2 rings (SSSR count). The zero-order valence-corrected chi connectivity index (χ0v) is 8.31. The van der Waals surface area contributed by atoms with Gasteiger partial charge in [0.05, 0.1) is 6.20 Å². The second kappa shape index (κ2) is 4.44. The number of carboxylic acid groups (broad SMARTS) is 1. The molecule has 5 nitrogen and oxygen atoms in total. The molecule has 1 fully saturated rings. The van der Waals surface area contributed by atoms with E-state index in [2.05, 4.69) is 4.98 Å². The molecule has 82 valence electrons. The smallest absolute Gasteiger partial charge is 0.312 e. The van der Waals surface area contributed by atoms with Crippen LogP contribution in [0.2, 0.25) is 0 Å². The van der Waals surface area contributed by atoms with Crippen LogP contribution >= 0.6 is 0 Å². The van der Waals surface area contributed by atoms with Crippen molar-refractivity contribution >= 4 is 5.97 Å². The van der Waals surface area contributed by atoms with Crippen LogP contribution in [0.25, 0.3) is 0 Å². The van der Waals surface area contributed by atoms with Crippen molar-refractivity contribution in [3.05, 3.63) is 17.8 Å². The lowest BCUT2D eigenvalue weighted by molar-refractivity contribution is -0.136. The Bertz CT molecular complexity index is 341. The molecule has 0 spiro atoms. The van der Waals surface area contributed by atoms with Crippen LogP contribution in [0, 0.1) is 0 Å². The summed E-state index contributed by atoms with van der Waals surface area (Å²) in [6.45, 7) is 1.47. The molecule has 5 heteroatoms. The third kappa shape index (κ3) is 2.56. The van der Waals surface area contributed by atoms with Gasteiger partial charge in [-0.15, -0.1) is 0 Å². The first-order valence-corrected chi connectivity index (χ1v) is 5.00. The third-order valence-electron chi connectivity index (χ3n) is 2.50. The topological polar surface area (TPSA) is 72.6 Å². The lowest BCUT2D eigenvalue weighted by Crippen LogP contribution is -2.13. The van der Waals surface area contributed by atoms with Crippen molar-refractivity contribution in [2.75, 3.05) is 13.2 Å². The molecular formula is C10H13NO4. The van der Waals surface area contributed by atoms with Crippen molar-refractivity contribution in [1.82, 2.24) is 4.98 Å². The molecule has 0 radical (unpaired) electrons. The van der Waals surface area contributed by atoms with Crippen molar-refractivity contribution in [3.8, 4) is 0 Å². The highest BCUT2D eigenvalue weighted by atomic mass is 16.5. The highest BCUT2D eigenvalue weighted by molar-refractivity contribution is 5.68. The van der Waals surface area contributed by atoms with Crippen LogP contribution in [0.5, 0.6) is 0 Å². The van der Waals surface area contributed by atoms with Gasteiger partial charge >= 0.3 is 5.97 Å². The molecule has 0 unspecified atom stereocenters. The third-order valence-corrected chi connectivity index (χ3v) is 2.50. The van der Waals surface area contributed by atoms with Gasteiger partial charge in [0.1, 0.15) is 12.2 Å². The molecule has 2 heterocycles. The maximum Gasteiger partial charge on any atom is 0.312 e. The highest BCUT2D eigenvalue weighted by Crippen LogP contribution is 2.27. The number of oxazole rings is 1. The quantitative estimate of drug-likeness (QED) is 0.813. The Morgan fingerprint density at radius 1 is 1.53 bits per heavy atom. The summed E-state index contributed by atoms with van der Waals surface area (Å²) in [5, 5.41) is 8.57. The van der Waals surface area contributed by atoms with Gasteiger partial charge in [0, 0.05) is 19.1 Å². The number of aliphatic carboxylic acids is 1. The van der Waals surface area contributed by atoms with E-state index in [9.17, 15) is 4.79 Å². The second-order valence-corrected chi connectivity index (χ2v) is 3.61. The van der Waals surface area contributed by atoms with Gasteiger partial charge in [-0.25, -0.2) is 4.98 Å². The molecule has 0 aliphatic carbocycles. The minimum absolute atomic E-state index is 0.150. The highest BCUT2D eigenvalue weighted by Gasteiger charge is 2.20. The first-order valence-electron chi connectivity index (χ1n) is 5.00. The van der Waals surface area contributed by atoms with Gasteiger partial charge < -0.3 is 14.3 Å². The van der Waals surface area contributed by atoms with Crippen LogP contribution in [0.1, 0.15) is 30.4 Å². The molecule has 1 N–H and O–H groups in total. The Morgan fingerprint density at radius 2 is 2.27 bits per heavy atom. The first kappa shape index (κ1) is 10.2. The Balaban J connectivity index is 2.02. The lowest BCUT2D eigenvalue weighted by atomic mass is 9.98. The second-order valence-electron chi connectivity index (χ2n) is 3.61. The van der Waals surface area contributed by atoms with E-state index in [4.69, 9.17) is 14.3 Å². The van der Waals surface area contributed by atoms with E-state index in [1.807, 2.05) is 0 Å². The summed E-state index contributed by atoms with van der Waals surface area (Å²) in [4.78, 5) is 14.4. The van der Waals surface area contributed by atoms with Crippen molar-refractivity contribution in [2.45, 2.75) is 25.2 Å². The molecule has 1 aliphatic rings. The molecular weight excluding hydrogens is 198 g/mol. The lowest BCUT2D eigenvalue weighted by Gasteiger charge is -2.19. The number of aromatic nitrogens is 1. The molecule has 1 saturated heterocycles. The Hall–Kier alpha value is -1.36. The number of hydrogen-bond donors (Lipinski definition) is 1. The van der Waals surface area contributed by atoms with E-state index >= 15 is 0 Å². The van der Waals surface area contributed by atoms with Crippen LogP contribution in [0.15, 0.2) is 10.6 Å². The Morgan fingerprint density at radius 3 is 2.93 bits per heavy atom. The number of nitrogens with zero attached hydrogens (tertiary/aromatic N) is 1. The fourth-order valence-corrected chi connectivity index (χ4v) is 1.71. The molecule has 1 aliphatic heterocycles. The summed E-state index contributed by atoms with van der Waals surface area (Å²) in [6.07, 6.45) is 3.32. The molecule has 0 aromatic carbocycles. The maximum absolute atomic E-state index is 10.4. The van der Waals surface area contributed by atoms with Gasteiger partial charge in [-0.3, -0.25) is 4.79 Å². The minimum Gasteiger partial charge on any atom is -0.481 e.